The van der Waals surface area contributed by atoms with Gasteiger partial charge in [0.05, 0.1) is 0 Å². The van der Waals surface area contributed by atoms with E-state index >= 15 is 0 Å². The van der Waals surface area contributed by atoms with Crippen LogP contribution in [0.1, 0.15) is 0 Å². The minimum absolute atomic E-state index is 1.30. The van der Waals surface area contributed by atoms with Crippen molar-refractivity contribution in [1.29, 1.82) is 0 Å². The maximum Gasteiger partial charge on any atom is -0.00199 e. The zero-order valence-electron chi connectivity index (χ0n) is 15.2. The molecule has 0 fully saturated rings. The van der Waals surface area contributed by atoms with Crippen LogP contribution in [0.2, 0.25) is 0 Å². The fraction of sp³-hybridized carbons (Fsp3) is 0. The van der Waals surface area contributed by atoms with Crippen LogP contribution in [0.4, 0.5) is 0 Å². The van der Waals surface area contributed by atoms with Crippen LogP contribution in [0, 0.1) is 0 Å². The minimum atomic E-state index is 1.30. The fourth-order valence-electron chi connectivity index (χ4n) is 5.13. The van der Waals surface area contributed by atoms with E-state index in [0.717, 1.165) is 0 Å². The highest BCUT2D eigenvalue weighted by atomic mass is 14.2. The molecule has 0 heterocycles. The number of benzene rings is 7. The number of fused-ring (bicyclic) bond motifs is 6. The third kappa shape index (κ3) is 1.70. The Balaban J connectivity index is 1.88. The van der Waals surface area contributed by atoms with Crippen molar-refractivity contribution in [3.63, 3.8) is 0 Å². The van der Waals surface area contributed by atoms with E-state index in [1.54, 1.807) is 0 Å². The molecule has 0 nitrogen and oxygen atoms in total. The summed E-state index contributed by atoms with van der Waals surface area (Å²) in [5, 5.41) is 16.1. The highest BCUT2D eigenvalue weighted by Gasteiger charge is 2.13. The van der Waals surface area contributed by atoms with Crippen LogP contribution in [0.15, 0.2) is 97.1 Å². The van der Waals surface area contributed by atoms with E-state index in [2.05, 4.69) is 97.1 Å². The van der Waals surface area contributed by atoms with Gasteiger partial charge in [0, 0.05) is 0 Å². The summed E-state index contributed by atoms with van der Waals surface area (Å²) in [7, 11) is 0. The molecule has 0 aliphatic heterocycles. The molecule has 0 heteroatoms. The van der Waals surface area contributed by atoms with E-state index in [1.807, 2.05) is 0 Å². The Kier molecular flexibility index (Phi) is 2.57. The van der Waals surface area contributed by atoms with Gasteiger partial charge in [-0.2, -0.15) is 0 Å². The molecule has 0 radical (unpaired) electrons. The molecule has 0 saturated heterocycles. The molecule has 0 bridgehead atoms. The lowest BCUT2D eigenvalue weighted by Crippen LogP contribution is -1.87. The predicted octanol–water partition coefficient (Wildman–Crippen LogP) is 8.04. The highest BCUT2D eigenvalue weighted by Crippen LogP contribution is 2.42. The number of hydrogen-bond donors (Lipinski definition) is 0. The van der Waals surface area contributed by atoms with Gasteiger partial charge in [0.25, 0.3) is 0 Å². The molecule has 0 aliphatic carbocycles. The lowest BCUT2D eigenvalue weighted by atomic mass is 9.88. The summed E-state index contributed by atoms with van der Waals surface area (Å²) >= 11 is 0. The first-order chi connectivity index (χ1) is 13.9. The quantitative estimate of drug-likeness (QED) is 0.191. The molecular formula is C28H16. The second kappa shape index (κ2) is 4.99. The van der Waals surface area contributed by atoms with Gasteiger partial charge >= 0.3 is 0 Å². The summed E-state index contributed by atoms with van der Waals surface area (Å²) in [5.41, 5.74) is 0. The number of rotatable bonds is 0. The molecule has 7 aromatic carbocycles. The van der Waals surface area contributed by atoms with Gasteiger partial charge in [0.15, 0.2) is 0 Å². The summed E-state index contributed by atoms with van der Waals surface area (Å²) in [4.78, 5) is 0. The monoisotopic (exact) mass is 352 g/mol. The van der Waals surface area contributed by atoms with Crippen molar-refractivity contribution >= 4 is 64.6 Å². The van der Waals surface area contributed by atoms with E-state index in [9.17, 15) is 0 Å². The fourth-order valence-corrected chi connectivity index (χ4v) is 5.13. The average Bonchev–Trinajstić information content (AvgIpc) is 2.76. The van der Waals surface area contributed by atoms with Gasteiger partial charge in [-0.1, -0.05) is 91.0 Å². The highest BCUT2D eigenvalue weighted by molar-refractivity contribution is 6.35. The van der Waals surface area contributed by atoms with Crippen LogP contribution in [-0.2, 0) is 0 Å². The van der Waals surface area contributed by atoms with Crippen molar-refractivity contribution in [3.8, 4) is 0 Å². The SMILES string of the molecule is c1ccc2c(c1)ccc1ccc3cc4ccc5cccc6ccc(c4c56)c3c12. The van der Waals surface area contributed by atoms with E-state index < -0.39 is 0 Å². The molecule has 0 amide bonds. The Hall–Kier alpha value is -3.64. The van der Waals surface area contributed by atoms with Gasteiger partial charge in [0.2, 0.25) is 0 Å². The standard InChI is InChI=1S/C28H16/c1-2-7-23-17(4-1)8-9-20-11-13-22-16-21-12-10-18-5-3-6-19-14-15-24(27(21)25(18)19)28(22)26(20)23/h1-16H. The van der Waals surface area contributed by atoms with Crippen LogP contribution < -0.4 is 0 Å². The van der Waals surface area contributed by atoms with Gasteiger partial charge in [-0.15, -0.1) is 0 Å². The third-order valence-corrected chi connectivity index (χ3v) is 6.33. The Morgan fingerprint density at radius 1 is 0.286 bits per heavy atom. The normalized spacial score (nSPS) is 12.3. The van der Waals surface area contributed by atoms with E-state index in [0.29, 0.717) is 0 Å². The molecular weight excluding hydrogens is 336 g/mol. The minimum Gasteiger partial charge on any atom is -0.0616 e. The predicted molar refractivity (Wildman–Crippen MR) is 123 cm³/mol. The Bertz CT molecular complexity index is 1690. The Morgan fingerprint density at radius 2 is 0.786 bits per heavy atom. The lowest BCUT2D eigenvalue weighted by Gasteiger charge is -2.15. The van der Waals surface area contributed by atoms with Crippen LogP contribution in [-0.4, -0.2) is 0 Å². The molecule has 0 N–H and O–H groups in total. The Morgan fingerprint density at radius 3 is 1.57 bits per heavy atom. The van der Waals surface area contributed by atoms with E-state index in [4.69, 9.17) is 0 Å². The summed E-state index contributed by atoms with van der Waals surface area (Å²) in [6.07, 6.45) is 0. The van der Waals surface area contributed by atoms with E-state index in [1.165, 1.54) is 64.6 Å². The van der Waals surface area contributed by atoms with Gasteiger partial charge in [-0.05, 0) is 70.7 Å². The zero-order valence-corrected chi connectivity index (χ0v) is 15.2. The molecule has 0 unspecified atom stereocenters. The molecule has 0 saturated carbocycles. The van der Waals surface area contributed by atoms with Gasteiger partial charge < -0.3 is 0 Å². The van der Waals surface area contributed by atoms with E-state index in [-0.39, 0.29) is 0 Å². The summed E-state index contributed by atoms with van der Waals surface area (Å²) < 4.78 is 0. The largest absolute Gasteiger partial charge is 0.0616 e. The van der Waals surface area contributed by atoms with Gasteiger partial charge in [0.1, 0.15) is 0 Å². The van der Waals surface area contributed by atoms with Crippen LogP contribution in [0.5, 0.6) is 0 Å². The maximum atomic E-state index is 2.37. The third-order valence-electron chi connectivity index (χ3n) is 6.33. The topological polar surface area (TPSA) is 0 Å². The smallest absolute Gasteiger partial charge is 0.00199 e. The molecule has 7 aromatic rings. The second-order valence-electron chi connectivity index (χ2n) is 7.78. The van der Waals surface area contributed by atoms with Gasteiger partial charge in [-0.3, -0.25) is 0 Å². The van der Waals surface area contributed by atoms with Crippen molar-refractivity contribution in [2.45, 2.75) is 0 Å². The molecule has 7 rings (SSSR count). The zero-order chi connectivity index (χ0) is 18.2. The Labute approximate surface area is 162 Å². The van der Waals surface area contributed by atoms with Gasteiger partial charge in [-0.25, -0.2) is 0 Å². The molecule has 0 atom stereocenters. The molecule has 0 spiro atoms. The van der Waals surface area contributed by atoms with Crippen molar-refractivity contribution in [2.75, 3.05) is 0 Å². The second-order valence-corrected chi connectivity index (χ2v) is 7.78. The van der Waals surface area contributed by atoms with Crippen LogP contribution >= 0.6 is 0 Å². The van der Waals surface area contributed by atoms with Crippen molar-refractivity contribution < 1.29 is 0 Å². The van der Waals surface area contributed by atoms with Crippen molar-refractivity contribution in [3.05, 3.63) is 97.1 Å². The summed E-state index contributed by atoms with van der Waals surface area (Å²) in [6.45, 7) is 0. The first kappa shape index (κ1) is 14.4. The molecule has 0 aromatic heterocycles. The maximum absolute atomic E-state index is 2.37. The molecule has 28 heavy (non-hydrogen) atoms. The van der Waals surface area contributed by atoms with Crippen LogP contribution in [0.3, 0.4) is 0 Å². The molecule has 128 valence electrons. The van der Waals surface area contributed by atoms with Crippen molar-refractivity contribution in [2.24, 2.45) is 0 Å². The average molecular weight is 352 g/mol. The first-order valence-corrected chi connectivity index (χ1v) is 9.79. The number of hydrogen-bond acceptors (Lipinski definition) is 0. The molecule has 0 aliphatic rings. The first-order valence-electron chi connectivity index (χ1n) is 9.79. The van der Waals surface area contributed by atoms with Crippen molar-refractivity contribution in [1.82, 2.24) is 0 Å². The lowest BCUT2D eigenvalue weighted by molar-refractivity contribution is 1.79. The summed E-state index contributed by atoms with van der Waals surface area (Å²) in [6, 6.07) is 35.9. The summed E-state index contributed by atoms with van der Waals surface area (Å²) in [5.74, 6) is 0. The van der Waals surface area contributed by atoms with Crippen LogP contribution in [0.25, 0.3) is 64.6 Å².